The van der Waals surface area contributed by atoms with Crippen molar-refractivity contribution >= 4 is 0 Å². The van der Waals surface area contributed by atoms with Gasteiger partial charge in [0, 0.05) is 30.4 Å². The fourth-order valence-corrected chi connectivity index (χ4v) is 2.84. The molecule has 17 heavy (non-hydrogen) atoms. The minimum absolute atomic E-state index is 0.0846. The van der Waals surface area contributed by atoms with Gasteiger partial charge in [-0.3, -0.25) is 0 Å². The first-order valence-electron chi connectivity index (χ1n) is 6.60. The van der Waals surface area contributed by atoms with E-state index in [9.17, 15) is 5.11 Å². The van der Waals surface area contributed by atoms with Crippen LogP contribution in [0.4, 0.5) is 0 Å². The molecule has 2 rings (SSSR count). The zero-order valence-corrected chi connectivity index (χ0v) is 10.6. The topological polar surface area (TPSA) is 64.1 Å². The van der Waals surface area contributed by atoms with Gasteiger partial charge < -0.3 is 15.4 Å². The molecular weight excluding hydrogens is 214 g/mol. The largest absolute Gasteiger partial charge is 0.394 e. The second-order valence-electron chi connectivity index (χ2n) is 5.27. The Labute approximate surface area is 103 Å². The van der Waals surface area contributed by atoms with Gasteiger partial charge in [-0.1, -0.05) is 6.92 Å². The highest BCUT2D eigenvalue weighted by molar-refractivity contribution is 5.00. The van der Waals surface area contributed by atoms with E-state index in [2.05, 4.69) is 22.7 Å². The SMILES string of the molecule is CCCc1nccn1C1CCCC(N)(CO)C1. The number of aliphatic hydroxyl groups excluding tert-OH is 1. The van der Waals surface area contributed by atoms with Gasteiger partial charge in [-0.25, -0.2) is 4.98 Å². The Bertz CT molecular complexity index is 363. The molecule has 1 saturated carbocycles. The molecule has 3 N–H and O–H groups in total. The normalized spacial score (nSPS) is 29.5. The first-order valence-corrected chi connectivity index (χ1v) is 6.60. The van der Waals surface area contributed by atoms with Gasteiger partial charge in [-0.05, 0) is 32.1 Å². The van der Waals surface area contributed by atoms with Gasteiger partial charge in [-0.2, -0.15) is 0 Å². The average Bonchev–Trinajstić information content (AvgIpc) is 2.78. The maximum atomic E-state index is 9.39. The lowest BCUT2D eigenvalue weighted by Gasteiger charge is -2.37. The molecule has 0 aliphatic heterocycles. The molecule has 1 heterocycles. The standard InChI is InChI=1S/C13H23N3O/c1-2-4-12-15-7-8-16(12)11-5-3-6-13(14,9-11)10-17/h7-8,11,17H,2-6,9-10,14H2,1H3. The molecule has 0 saturated heterocycles. The number of aromatic nitrogens is 2. The van der Waals surface area contributed by atoms with Crippen LogP contribution in [0.15, 0.2) is 12.4 Å². The molecule has 0 aromatic carbocycles. The zero-order valence-electron chi connectivity index (χ0n) is 10.6. The number of nitrogens with zero attached hydrogens (tertiary/aromatic N) is 2. The Kier molecular flexibility index (Phi) is 3.84. The third-order valence-corrected chi connectivity index (χ3v) is 3.78. The Morgan fingerprint density at radius 3 is 3.18 bits per heavy atom. The van der Waals surface area contributed by atoms with Crippen LogP contribution in [-0.2, 0) is 6.42 Å². The molecule has 0 radical (unpaired) electrons. The lowest BCUT2D eigenvalue weighted by molar-refractivity contribution is 0.130. The highest BCUT2D eigenvalue weighted by Crippen LogP contribution is 2.34. The molecule has 4 nitrogen and oxygen atoms in total. The molecule has 1 fully saturated rings. The maximum absolute atomic E-state index is 9.39. The summed E-state index contributed by atoms with van der Waals surface area (Å²) in [6.07, 6.45) is 10.1. The molecule has 2 atom stereocenters. The molecule has 1 aliphatic rings. The highest BCUT2D eigenvalue weighted by Gasteiger charge is 2.33. The van der Waals surface area contributed by atoms with Crippen molar-refractivity contribution < 1.29 is 5.11 Å². The summed E-state index contributed by atoms with van der Waals surface area (Å²) in [6.45, 7) is 2.25. The first kappa shape index (κ1) is 12.6. The Morgan fingerprint density at radius 1 is 1.65 bits per heavy atom. The van der Waals surface area contributed by atoms with Crippen LogP contribution in [0.25, 0.3) is 0 Å². The minimum atomic E-state index is -0.392. The van der Waals surface area contributed by atoms with Crippen LogP contribution in [0.3, 0.4) is 0 Å². The lowest BCUT2D eigenvalue weighted by atomic mass is 9.80. The molecule has 96 valence electrons. The molecular formula is C13H23N3O. The van der Waals surface area contributed by atoms with Gasteiger partial charge >= 0.3 is 0 Å². The summed E-state index contributed by atoms with van der Waals surface area (Å²) < 4.78 is 2.26. The molecule has 4 heteroatoms. The number of aliphatic hydroxyl groups is 1. The number of hydrogen-bond acceptors (Lipinski definition) is 3. The van der Waals surface area contributed by atoms with Crippen LogP contribution in [0.2, 0.25) is 0 Å². The van der Waals surface area contributed by atoms with Crippen LogP contribution in [0.5, 0.6) is 0 Å². The van der Waals surface area contributed by atoms with Gasteiger partial charge in [0.25, 0.3) is 0 Å². The number of rotatable bonds is 4. The molecule has 1 aromatic heterocycles. The number of imidazole rings is 1. The van der Waals surface area contributed by atoms with Crippen LogP contribution < -0.4 is 5.73 Å². The minimum Gasteiger partial charge on any atom is -0.394 e. The van der Waals surface area contributed by atoms with Crippen LogP contribution >= 0.6 is 0 Å². The van der Waals surface area contributed by atoms with E-state index < -0.39 is 5.54 Å². The fraction of sp³-hybridized carbons (Fsp3) is 0.769. The fourth-order valence-electron chi connectivity index (χ4n) is 2.84. The summed E-state index contributed by atoms with van der Waals surface area (Å²) in [4.78, 5) is 4.41. The Balaban J connectivity index is 2.13. The van der Waals surface area contributed by atoms with E-state index >= 15 is 0 Å². The van der Waals surface area contributed by atoms with Gasteiger partial charge in [-0.15, -0.1) is 0 Å². The Morgan fingerprint density at radius 2 is 2.47 bits per heavy atom. The second-order valence-corrected chi connectivity index (χ2v) is 5.27. The predicted octanol–water partition coefficient (Wildman–Crippen LogP) is 1.64. The molecule has 0 amide bonds. The van der Waals surface area contributed by atoms with Crippen molar-refractivity contribution in [3.8, 4) is 0 Å². The van der Waals surface area contributed by atoms with Crippen molar-refractivity contribution in [3.63, 3.8) is 0 Å². The number of hydrogen-bond donors (Lipinski definition) is 2. The van der Waals surface area contributed by atoms with Crippen LogP contribution in [0.1, 0.15) is 50.9 Å². The van der Waals surface area contributed by atoms with Crippen molar-refractivity contribution in [1.29, 1.82) is 0 Å². The lowest BCUT2D eigenvalue weighted by Crippen LogP contribution is -2.47. The summed E-state index contributed by atoms with van der Waals surface area (Å²) in [5.74, 6) is 1.15. The van der Waals surface area contributed by atoms with Crippen molar-refractivity contribution in [1.82, 2.24) is 9.55 Å². The zero-order chi connectivity index (χ0) is 12.3. The van der Waals surface area contributed by atoms with E-state index in [1.165, 1.54) is 0 Å². The van der Waals surface area contributed by atoms with Crippen molar-refractivity contribution in [2.75, 3.05) is 6.61 Å². The van der Waals surface area contributed by atoms with E-state index in [1.54, 1.807) is 0 Å². The van der Waals surface area contributed by atoms with Crippen molar-refractivity contribution in [3.05, 3.63) is 18.2 Å². The highest BCUT2D eigenvalue weighted by atomic mass is 16.3. The number of aryl methyl sites for hydroxylation is 1. The molecule has 2 unspecified atom stereocenters. The van der Waals surface area contributed by atoms with Gasteiger partial charge in [0.1, 0.15) is 5.82 Å². The third-order valence-electron chi connectivity index (χ3n) is 3.78. The van der Waals surface area contributed by atoms with Gasteiger partial charge in [0.2, 0.25) is 0 Å². The summed E-state index contributed by atoms with van der Waals surface area (Å²) >= 11 is 0. The number of nitrogens with two attached hydrogens (primary N) is 1. The van der Waals surface area contributed by atoms with E-state index in [-0.39, 0.29) is 6.61 Å². The third kappa shape index (κ3) is 2.69. The molecule has 1 aromatic rings. The van der Waals surface area contributed by atoms with Crippen molar-refractivity contribution in [2.24, 2.45) is 5.73 Å². The van der Waals surface area contributed by atoms with Crippen LogP contribution in [0, 0.1) is 0 Å². The summed E-state index contributed by atoms with van der Waals surface area (Å²) in [7, 11) is 0. The first-order chi connectivity index (χ1) is 8.18. The Hall–Kier alpha value is -0.870. The average molecular weight is 237 g/mol. The van der Waals surface area contributed by atoms with Gasteiger partial charge in [0.15, 0.2) is 0 Å². The molecule has 0 bridgehead atoms. The van der Waals surface area contributed by atoms with Crippen molar-refractivity contribution in [2.45, 2.75) is 57.0 Å². The predicted molar refractivity (Wildman–Crippen MR) is 67.7 cm³/mol. The smallest absolute Gasteiger partial charge is 0.108 e. The monoisotopic (exact) mass is 237 g/mol. The summed E-state index contributed by atoms with van der Waals surface area (Å²) in [6, 6.07) is 0.407. The summed E-state index contributed by atoms with van der Waals surface area (Å²) in [5, 5.41) is 9.39. The second kappa shape index (κ2) is 5.19. The summed E-state index contributed by atoms with van der Waals surface area (Å²) in [5.41, 5.74) is 5.80. The molecule has 0 spiro atoms. The maximum Gasteiger partial charge on any atom is 0.108 e. The van der Waals surface area contributed by atoms with E-state index in [4.69, 9.17) is 5.73 Å². The quantitative estimate of drug-likeness (QED) is 0.836. The molecule has 1 aliphatic carbocycles. The van der Waals surface area contributed by atoms with E-state index in [0.717, 1.165) is 44.3 Å². The van der Waals surface area contributed by atoms with Crippen LogP contribution in [-0.4, -0.2) is 26.8 Å². The van der Waals surface area contributed by atoms with E-state index in [1.807, 2.05) is 6.20 Å². The van der Waals surface area contributed by atoms with Gasteiger partial charge in [0.05, 0.1) is 6.61 Å². The van der Waals surface area contributed by atoms with E-state index in [0.29, 0.717) is 6.04 Å².